The molecule has 0 amide bonds. The third-order valence-corrected chi connectivity index (χ3v) is 5.82. The Morgan fingerprint density at radius 3 is 2.76 bits per heavy atom. The summed E-state index contributed by atoms with van der Waals surface area (Å²) >= 11 is 5.94. The van der Waals surface area contributed by atoms with E-state index in [4.69, 9.17) is 16.3 Å². The van der Waals surface area contributed by atoms with Gasteiger partial charge in [0.25, 0.3) is 0 Å². The molecule has 3 rings (SSSR count). The van der Waals surface area contributed by atoms with Crippen LogP contribution in [-0.2, 0) is 16.4 Å². The van der Waals surface area contributed by atoms with Crippen LogP contribution in [0.1, 0.15) is 12.5 Å². The zero-order chi connectivity index (χ0) is 18.0. The number of aromatic nitrogens is 1. The summed E-state index contributed by atoms with van der Waals surface area (Å²) < 4.78 is 33.3. The number of aromatic amines is 1. The molecule has 1 aromatic heterocycles. The summed E-state index contributed by atoms with van der Waals surface area (Å²) in [6, 6.07) is 12.2. The Hall–Kier alpha value is -2.02. The highest BCUT2D eigenvalue weighted by Crippen LogP contribution is 2.27. The number of fused-ring (bicyclic) bond motifs is 1. The Labute approximate surface area is 152 Å². The van der Waals surface area contributed by atoms with Gasteiger partial charge in [0, 0.05) is 28.2 Å². The van der Waals surface area contributed by atoms with Crippen LogP contribution in [0.4, 0.5) is 0 Å². The van der Waals surface area contributed by atoms with E-state index < -0.39 is 10.0 Å². The van der Waals surface area contributed by atoms with Gasteiger partial charge in [-0.2, -0.15) is 0 Å². The van der Waals surface area contributed by atoms with Gasteiger partial charge in [0.2, 0.25) is 10.0 Å². The quantitative estimate of drug-likeness (QED) is 0.686. The molecule has 1 heterocycles. The van der Waals surface area contributed by atoms with Crippen LogP contribution in [0.25, 0.3) is 10.9 Å². The lowest BCUT2D eigenvalue weighted by Crippen LogP contribution is -2.34. The summed E-state index contributed by atoms with van der Waals surface area (Å²) in [6.07, 6.45) is 2.47. The van der Waals surface area contributed by atoms with E-state index in [1.807, 2.05) is 37.4 Å². The third-order valence-electron chi connectivity index (χ3n) is 3.97. The van der Waals surface area contributed by atoms with Gasteiger partial charge in [0.1, 0.15) is 10.6 Å². The van der Waals surface area contributed by atoms with Gasteiger partial charge in [-0.3, -0.25) is 0 Å². The van der Waals surface area contributed by atoms with Crippen molar-refractivity contribution < 1.29 is 13.2 Å². The maximum atomic E-state index is 12.7. The van der Waals surface area contributed by atoms with Crippen molar-refractivity contribution in [2.24, 2.45) is 0 Å². The van der Waals surface area contributed by atoms with Crippen molar-refractivity contribution in [3.8, 4) is 5.75 Å². The van der Waals surface area contributed by atoms with E-state index in [2.05, 4.69) is 9.71 Å². The maximum Gasteiger partial charge on any atom is 0.244 e. The first-order valence-electron chi connectivity index (χ1n) is 7.81. The van der Waals surface area contributed by atoms with Gasteiger partial charge in [0.15, 0.2) is 0 Å². The molecule has 2 N–H and O–H groups in total. The third kappa shape index (κ3) is 3.81. The minimum absolute atomic E-state index is 0.0354. The Balaban J connectivity index is 1.82. The van der Waals surface area contributed by atoms with E-state index in [1.165, 1.54) is 13.2 Å². The highest BCUT2D eigenvalue weighted by molar-refractivity contribution is 7.89. The van der Waals surface area contributed by atoms with Crippen LogP contribution in [0.3, 0.4) is 0 Å². The van der Waals surface area contributed by atoms with Crippen LogP contribution in [0, 0.1) is 0 Å². The first-order chi connectivity index (χ1) is 11.9. The number of benzene rings is 2. The van der Waals surface area contributed by atoms with Gasteiger partial charge in [-0.25, -0.2) is 13.1 Å². The summed E-state index contributed by atoms with van der Waals surface area (Å²) in [6.45, 7) is 1.83. The Bertz CT molecular complexity index is 998. The van der Waals surface area contributed by atoms with E-state index in [0.29, 0.717) is 11.4 Å². The first-order valence-corrected chi connectivity index (χ1v) is 9.67. The van der Waals surface area contributed by atoms with Crippen molar-refractivity contribution in [2.75, 3.05) is 7.11 Å². The van der Waals surface area contributed by atoms with Gasteiger partial charge >= 0.3 is 0 Å². The number of hydrogen-bond acceptors (Lipinski definition) is 3. The van der Waals surface area contributed by atoms with Gasteiger partial charge in [0.05, 0.1) is 7.11 Å². The van der Waals surface area contributed by atoms with Crippen molar-refractivity contribution >= 4 is 32.5 Å². The molecule has 3 aromatic rings. The van der Waals surface area contributed by atoms with Crippen molar-refractivity contribution in [1.82, 2.24) is 9.71 Å². The highest BCUT2D eigenvalue weighted by Gasteiger charge is 2.22. The first kappa shape index (κ1) is 17.8. The summed E-state index contributed by atoms with van der Waals surface area (Å²) in [7, 11) is -2.32. The fraction of sp³-hybridized carbons (Fsp3) is 0.222. The Morgan fingerprint density at radius 1 is 1.24 bits per heavy atom. The number of nitrogens with one attached hydrogen (secondary N) is 2. The second-order valence-corrected chi connectivity index (χ2v) is 8.00. The van der Waals surface area contributed by atoms with E-state index >= 15 is 0 Å². The van der Waals surface area contributed by atoms with Crippen LogP contribution >= 0.6 is 11.6 Å². The predicted molar refractivity (Wildman–Crippen MR) is 99.8 cm³/mol. The number of hydrogen-bond donors (Lipinski definition) is 2. The van der Waals surface area contributed by atoms with E-state index in [-0.39, 0.29) is 16.7 Å². The minimum atomic E-state index is -3.75. The number of ether oxygens (including phenoxy) is 1. The summed E-state index contributed by atoms with van der Waals surface area (Å²) in [4.78, 5) is 3.23. The molecule has 7 heteroatoms. The van der Waals surface area contributed by atoms with Crippen molar-refractivity contribution in [2.45, 2.75) is 24.3 Å². The van der Waals surface area contributed by atoms with Crippen LogP contribution in [-0.4, -0.2) is 26.6 Å². The molecule has 0 aliphatic carbocycles. The topological polar surface area (TPSA) is 71.2 Å². The molecule has 25 heavy (non-hydrogen) atoms. The van der Waals surface area contributed by atoms with Crippen LogP contribution in [0.15, 0.2) is 53.6 Å². The standard InChI is InChI=1S/C18H19ClN2O3S/c1-12(9-13-11-20-16-6-4-3-5-15(13)16)21-25(22,23)18-10-14(19)7-8-17(18)24-2/h3-8,10-12,20-21H,9H2,1-2H3. The van der Waals surface area contributed by atoms with Crippen LogP contribution < -0.4 is 9.46 Å². The maximum absolute atomic E-state index is 12.7. The molecule has 0 spiro atoms. The molecule has 0 saturated heterocycles. The highest BCUT2D eigenvalue weighted by atomic mass is 35.5. The normalized spacial score (nSPS) is 13.1. The van der Waals surface area contributed by atoms with E-state index in [1.54, 1.807) is 12.1 Å². The molecular formula is C18H19ClN2O3S. The number of H-pyrrole nitrogens is 1. The molecule has 1 unspecified atom stereocenters. The van der Waals surface area contributed by atoms with Crippen LogP contribution in [0.5, 0.6) is 5.75 Å². The lowest BCUT2D eigenvalue weighted by Gasteiger charge is -2.16. The molecule has 0 aliphatic heterocycles. The second kappa shape index (κ2) is 7.07. The molecule has 2 aromatic carbocycles. The number of methoxy groups -OCH3 is 1. The largest absolute Gasteiger partial charge is 0.495 e. The Kier molecular flexibility index (Phi) is 5.03. The van der Waals surface area contributed by atoms with Crippen molar-refractivity contribution in [1.29, 1.82) is 0 Å². The zero-order valence-corrected chi connectivity index (χ0v) is 15.5. The van der Waals surface area contributed by atoms with E-state index in [0.717, 1.165) is 16.5 Å². The number of sulfonamides is 1. The second-order valence-electron chi connectivity index (χ2n) is 5.88. The predicted octanol–water partition coefficient (Wildman–Crippen LogP) is 3.74. The number of halogens is 1. The lowest BCUT2D eigenvalue weighted by molar-refractivity contribution is 0.402. The molecule has 0 bridgehead atoms. The average Bonchev–Trinajstić information content (AvgIpc) is 2.97. The fourth-order valence-corrected chi connectivity index (χ4v) is 4.54. The smallest absolute Gasteiger partial charge is 0.244 e. The monoisotopic (exact) mass is 378 g/mol. The molecular weight excluding hydrogens is 360 g/mol. The Morgan fingerprint density at radius 2 is 2.00 bits per heavy atom. The summed E-state index contributed by atoms with van der Waals surface area (Å²) in [5.74, 6) is 0.260. The SMILES string of the molecule is COc1ccc(Cl)cc1S(=O)(=O)NC(C)Cc1c[nH]c2ccccc12. The van der Waals surface area contributed by atoms with Gasteiger partial charge in [-0.05, 0) is 43.2 Å². The van der Waals surface area contributed by atoms with Crippen molar-refractivity contribution in [3.05, 3.63) is 59.2 Å². The van der Waals surface area contributed by atoms with Gasteiger partial charge in [-0.1, -0.05) is 29.8 Å². The minimum Gasteiger partial charge on any atom is -0.495 e. The fourth-order valence-electron chi connectivity index (χ4n) is 2.86. The lowest BCUT2D eigenvalue weighted by atomic mass is 10.1. The molecule has 0 saturated carbocycles. The molecule has 0 aliphatic rings. The van der Waals surface area contributed by atoms with E-state index in [9.17, 15) is 8.42 Å². The summed E-state index contributed by atoms with van der Waals surface area (Å²) in [5, 5.41) is 1.43. The molecule has 1 atom stereocenters. The molecule has 0 fully saturated rings. The number of rotatable bonds is 6. The van der Waals surface area contributed by atoms with Gasteiger partial charge < -0.3 is 9.72 Å². The summed E-state index contributed by atoms with van der Waals surface area (Å²) in [5.41, 5.74) is 2.09. The number of para-hydroxylation sites is 1. The molecule has 5 nitrogen and oxygen atoms in total. The van der Waals surface area contributed by atoms with Crippen LogP contribution in [0.2, 0.25) is 5.02 Å². The zero-order valence-electron chi connectivity index (χ0n) is 13.9. The average molecular weight is 379 g/mol. The molecule has 0 radical (unpaired) electrons. The van der Waals surface area contributed by atoms with Crippen molar-refractivity contribution in [3.63, 3.8) is 0 Å². The van der Waals surface area contributed by atoms with Gasteiger partial charge in [-0.15, -0.1) is 0 Å². The molecule has 132 valence electrons.